The number of carbonyl (C=O) groups is 1. The van der Waals surface area contributed by atoms with Gasteiger partial charge in [-0.05, 0) is 31.1 Å². The first-order valence-electron chi connectivity index (χ1n) is 6.33. The molecular formula is C14H21ClN2OS. The Morgan fingerprint density at radius 3 is 2.74 bits per heavy atom. The van der Waals surface area contributed by atoms with Crippen molar-refractivity contribution in [3.63, 3.8) is 0 Å². The van der Waals surface area contributed by atoms with Gasteiger partial charge >= 0.3 is 0 Å². The van der Waals surface area contributed by atoms with Crippen LogP contribution in [0.5, 0.6) is 0 Å². The Morgan fingerprint density at radius 2 is 2.16 bits per heavy atom. The van der Waals surface area contributed by atoms with E-state index in [2.05, 4.69) is 12.2 Å². The van der Waals surface area contributed by atoms with Crippen molar-refractivity contribution in [1.29, 1.82) is 0 Å². The summed E-state index contributed by atoms with van der Waals surface area (Å²) in [6.07, 6.45) is 2.40. The monoisotopic (exact) mass is 300 g/mol. The number of hydrogen-bond donors (Lipinski definition) is 2. The maximum Gasteiger partial charge on any atom is 0.241 e. The fourth-order valence-corrected chi connectivity index (χ4v) is 3.42. The highest BCUT2D eigenvalue weighted by molar-refractivity contribution is 8.00. The lowest BCUT2D eigenvalue weighted by Crippen LogP contribution is -2.41. The van der Waals surface area contributed by atoms with Crippen molar-refractivity contribution in [1.82, 2.24) is 5.32 Å². The van der Waals surface area contributed by atoms with Gasteiger partial charge in [-0.15, -0.1) is 12.4 Å². The summed E-state index contributed by atoms with van der Waals surface area (Å²) in [4.78, 5) is 12.0. The molecular weight excluding hydrogens is 280 g/mol. The molecule has 1 aliphatic rings. The van der Waals surface area contributed by atoms with E-state index >= 15 is 0 Å². The highest BCUT2D eigenvalue weighted by Crippen LogP contribution is 2.36. The van der Waals surface area contributed by atoms with Crippen molar-refractivity contribution in [3.05, 3.63) is 35.9 Å². The predicted molar refractivity (Wildman–Crippen MR) is 83.7 cm³/mol. The van der Waals surface area contributed by atoms with Crippen LogP contribution >= 0.6 is 24.2 Å². The minimum Gasteiger partial charge on any atom is -0.353 e. The summed E-state index contributed by atoms with van der Waals surface area (Å²) in [5, 5.41) is 2.98. The third-order valence-corrected chi connectivity index (χ3v) is 4.92. The van der Waals surface area contributed by atoms with Crippen LogP contribution in [-0.2, 0) is 4.79 Å². The maximum atomic E-state index is 12.0. The second-order valence-corrected chi connectivity index (χ2v) is 6.69. The van der Waals surface area contributed by atoms with Gasteiger partial charge in [-0.3, -0.25) is 4.79 Å². The molecule has 1 aliphatic heterocycles. The molecule has 5 heteroatoms. The Kier molecular flexibility index (Phi) is 6.17. The first-order chi connectivity index (χ1) is 8.61. The molecule has 0 radical (unpaired) electrons. The van der Waals surface area contributed by atoms with Crippen LogP contribution in [-0.4, -0.2) is 23.0 Å². The van der Waals surface area contributed by atoms with E-state index in [-0.39, 0.29) is 23.1 Å². The molecule has 2 unspecified atom stereocenters. The van der Waals surface area contributed by atoms with E-state index in [1.165, 1.54) is 18.6 Å². The zero-order chi connectivity index (χ0) is 13.0. The normalized spacial score (nSPS) is 23.5. The lowest BCUT2D eigenvalue weighted by atomic mass is 10.0. The molecule has 1 amide bonds. The van der Waals surface area contributed by atoms with Crippen LogP contribution in [0.15, 0.2) is 30.3 Å². The SMILES string of the molecule is CC1(CNC(=O)C(N)c2ccccc2)CCCS1.Cl. The molecule has 2 rings (SSSR count). The average molecular weight is 301 g/mol. The molecule has 19 heavy (non-hydrogen) atoms. The molecule has 3 nitrogen and oxygen atoms in total. The van der Waals surface area contributed by atoms with Crippen LogP contribution in [0, 0.1) is 0 Å². The van der Waals surface area contributed by atoms with Gasteiger partial charge in [0.05, 0.1) is 0 Å². The smallest absolute Gasteiger partial charge is 0.241 e. The van der Waals surface area contributed by atoms with Crippen LogP contribution < -0.4 is 11.1 Å². The minimum atomic E-state index is -0.568. The first-order valence-corrected chi connectivity index (χ1v) is 7.31. The number of thioether (sulfide) groups is 1. The van der Waals surface area contributed by atoms with Crippen molar-refractivity contribution in [2.75, 3.05) is 12.3 Å². The van der Waals surface area contributed by atoms with E-state index in [9.17, 15) is 4.79 Å². The number of nitrogens with two attached hydrogens (primary N) is 1. The number of hydrogen-bond acceptors (Lipinski definition) is 3. The molecule has 106 valence electrons. The van der Waals surface area contributed by atoms with Crippen molar-refractivity contribution in [2.24, 2.45) is 5.73 Å². The van der Waals surface area contributed by atoms with Gasteiger partial charge in [0.2, 0.25) is 5.91 Å². The van der Waals surface area contributed by atoms with Gasteiger partial charge in [-0.2, -0.15) is 11.8 Å². The quantitative estimate of drug-likeness (QED) is 0.898. The summed E-state index contributed by atoms with van der Waals surface area (Å²) in [5.74, 6) is 1.10. The molecule has 1 fully saturated rings. The lowest BCUT2D eigenvalue weighted by molar-refractivity contribution is -0.122. The summed E-state index contributed by atoms with van der Waals surface area (Å²) in [6, 6.07) is 8.92. The van der Waals surface area contributed by atoms with E-state index in [0.29, 0.717) is 6.54 Å². The number of halogens is 1. The van der Waals surface area contributed by atoms with Crippen molar-refractivity contribution >= 4 is 30.1 Å². The molecule has 3 N–H and O–H groups in total. The molecule has 0 saturated carbocycles. The number of benzene rings is 1. The molecule has 0 aromatic heterocycles. The number of carbonyl (C=O) groups excluding carboxylic acids is 1. The topological polar surface area (TPSA) is 55.1 Å². The van der Waals surface area contributed by atoms with Crippen LogP contribution in [0.2, 0.25) is 0 Å². The van der Waals surface area contributed by atoms with Crippen LogP contribution in [0.4, 0.5) is 0 Å². The average Bonchev–Trinajstić information content (AvgIpc) is 2.83. The molecule has 0 bridgehead atoms. The molecule has 0 spiro atoms. The van der Waals surface area contributed by atoms with Crippen molar-refractivity contribution in [3.8, 4) is 0 Å². The largest absolute Gasteiger partial charge is 0.353 e. The van der Waals surface area contributed by atoms with Crippen LogP contribution in [0.3, 0.4) is 0 Å². The Labute approximate surface area is 125 Å². The van der Waals surface area contributed by atoms with Crippen LogP contribution in [0.25, 0.3) is 0 Å². The Balaban J connectivity index is 0.00000180. The zero-order valence-electron chi connectivity index (χ0n) is 11.1. The van der Waals surface area contributed by atoms with Gasteiger partial charge in [0.15, 0.2) is 0 Å². The zero-order valence-corrected chi connectivity index (χ0v) is 12.7. The van der Waals surface area contributed by atoms with Gasteiger partial charge in [0, 0.05) is 11.3 Å². The first kappa shape index (κ1) is 16.3. The molecule has 1 aromatic carbocycles. The van der Waals surface area contributed by atoms with E-state index in [1.54, 1.807) is 0 Å². The summed E-state index contributed by atoms with van der Waals surface area (Å²) < 4.78 is 0.187. The van der Waals surface area contributed by atoms with E-state index in [4.69, 9.17) is 5.73 Å². The second kappa shape index (κ2) is 7.17. The number of rotatable bonds is 4. The third-order valence-electron chi connectivity index (χ3n) is 3.38. The van der Waals surface area contributed by atoms with E-state index in [0.717, 1.165) is 5.56 Å². The predicted octanol–water partition coefficient (Wildman–Crippen LogP) is 2.51. The summed E-state index contributed by atoms with van der Waals surface area (Å²) in [6.45, 7) is 2.91. The van der Waals surface area contributed by atoms with E-state index < -0.39 is 6.04 Å². The second-order valence-electron chi connectivity index (χ2n) is 5.01. The summed E-state index contributed by atoms with van der Waals surface area (Å²) >= 11 is 1.94. The summed E-state index contributed by atoms with van der Waals surface area (Å²) in [7, 11) is 0. The van der Waals surface area contributed by atoms with Gasteiger partial charge < -0.3 is 11.1 Å². The van der Waals surface area contributed by atoms with Gasteiger partial charge in [-0.25, -0.2) is 0 Å². The summed E-state index contributed by atoms with van der Waals surface area (Å²) in [5.41, 5.74) is 6.81. The van der Waals surface area contributed by atoms with E-state index in [1.807, 2.05) is 42.1 Å². The molecule has 2 atom stereocenters. The Bertz CT molecular complexity index is 407. The highest BCUT2D eigenvalue weighted by Gasteiger charge is 2.30. The molecule has 1 saturated heterocycles. The van der Waals surface area contributed by atoms with Gasteiger partial charge in [-0.1, -0.05) is 30.3 Å². The van der Waals surface area contributed by atoms with Gasteiger partial charge in [0.1, 0.15) is 6.04 Å². The van der Waals surface area contributed by atoms with Crippen molar-refractivity contribution < 1.29 is 4.79 Å². The highest BCUT2D eigenvalue weighted by atomic mass is 35.5. The fourth-order valence-electron chi connectivity index (χ4n) is 2.17. The molecule has 0 aliphatic carbocycles. The Morgan fingerprint density at radius 1 is 1.47 bits per heavy atom. The Hall–Kier alpha value is -0.710. The van der Waals surface area contributed by atoms with Crippen LogP contribution in [0.1, 0.15) is 31.4 Å². The third kappa shape index (κ3) is 4.41. The van der Waals surface area contributed by atoms with Crippen molar-refractivity contribution in [2.45, 2.75) is 30.6 Å². The number of amides is 1. The minimum absolute atomic E-state index is 0. The van der Waals surface area contributed by atoms with Gasteiger partial charge in [0.25, 0.3) is 0 Å². The molecule has 1 heterocycles. The lowest BCUT2D eigenvalue weighted by Gasteiger charge is -2.24. The number of nitrogens with one attached hydrogen (secondary N) is 1. The maximum absolute atomic E-state index is 12.0. The fraction of sp³-hybridized carbons (Fsp3) is 0.500. The standard InChI is InChI=1S/C14H20N2OS.ClH/c1-14(8-5-9-18-14)10-16-13(17)12(15)11-6-3-2-4-7-11;/h2-4,6-7,12H,5,8-10,15H2,1H3,(H,16,17);1H. The molecule has 1 aromatic rings.